The lowest BCUT2D eigenvalue weighted by atomic mass is 10.0. The molecular weight excluding hydrogens is 266 g/mol. The third-order valence-electron chi connectivity index (χ3n) is 4.11. The second kappa shape index (κ2) is 5.11. The van der Waals surface area contributed by atoms with E-state index in [0.29, 0.717) is 24.3 Å². The molecule has 0 aliphatic carbocycles. The van der Waals surface area contributed by atoms with Gasteiger partial charge in [0, 0.05) is 30.5 Å². The SMILES string of the molecule is Cc1cc(C)n2nc(C)c(C(=O)N3CCC(N)CC3)c2n1. The summed E-state index contributed by atoms with van der Waals surface area (Å²) < 4.78 is 1.76. The van der Waals surface area contributed by atoms with Crippen LogP contribution in [0.15, 0.2) is 6.07 Å². The summed E-state index contributed by atoms with van der Waals surface area (Å²) in [4.78, 5) is 19.2. The molecule has 1 saturated heterocycles. The normalized spacial score (nSPS) is 16.7. The standard InChI is InChI=1S/C15H21N5O/c1-9-8-10(2)20-14(17-9)13(11(3)18-20)15(21)19-6-4-12(16)5-7-19/h8,12H,4-7,16H2,1-3H3. The van der Waals surface area contributed by atoms with Gasteiger partial charge >= 0.3 is 0 Å². The first-order valence-electron chi connectivity index (χ1n) is 7.36. The van der Waals surface area contributed by atoms with Crippen molar-refractivity contribution >= 4 is 11.6 Å². The van der Waals surface area contributed by atoms with E-state index in [9.17, 15) is 4.79 Å². The van der Waals surface area contributed by atoms with Crippen LogP contribution in [0.3, 0.4) is 0 Å². The molecule has 6 nitrogen and oxygen atoms in total. The third kappa shape index (κ3) is 2.40. The number of rotatable bonds is 1. The van der Waals surface area contributed by atoms with Gasteiger partial charge in [-0.2, -0.15) is 5.10 Å². The zero-order valence-corrected chi connectivity index (χ0v) is 12.8. The minimum Gasteiger partial charge on any atom is -0.338 e. The monoisotopic (exact) mass is 287 g/mol. The van der Waals surface area contributed by atoms with Gasteiger partial charge in [-0.25, -0.2) is 9.50 Å². The van der Waals surface area contributed by atoms with Gasteiger partial charge in [0.1, 0.15) is 5.56 Å². The highest BCUT2D eigenvalue weighted by atomic mass is 16.2. The summed E-state index contributed by atoms with van der Waals surface area (Å²) >= 11 is 0. The Morgan fingerprint density at radius 2 is 1.95 bits per heavy atom. The third-order valence-corrected chi connectivity index (χ3v) is 4.11. The Kier molecular flexibility index (Phi) is 3.41. The molecule has 6 heteroatoms. The van der Waals surface area contributed by atoms with Crippen LogP contribution >= 0.6 is 0 Å². The lowest BCUT2D eigenvalue weighted by molar-refractivity contribution is 0.0716. The van der Waals surface area contributed by atoms with E-state index in [1.807, 2.05) is 31.7 Å². The highest BCUT2D eigenvalue weighted by molar-refractivity contribution is 6.01. The first-order chi connectivity index (χ1) is 9.97. The van der Waals surface area contributed by atoms with Crippen molar-refractivity contribution in [3.8, 4) is 0 Å². The van der Waals surface area contributed by atoms with E-state index in [2.05, 4.69) is 10.1 Å². The molecule has 2 N–H and O–H groups in total. The highest BCUT2D eigenvalue weighted by Gasteiger charge is 2.27. The molecular formula is C15H21N5O. The second-order valence-corrected chi connectivity index (χ2v) is 5.86. The second-order valence-electron chi connectivity index (χ2n) is 5.86. The van der Waals surface area contributed by atoms with Crippen molar-refractivity contribution in [2.45, 2.75) is 39.7 Å². The Balaban J connectivity index is 2.03. The van der Waals surface area contributed by atoms with Gasteiger partial charge in [0.25, 0.3) is 5.91 Å². The lowest BCUT2D eigenvalue weighted by Crippen LogP contribution is -2.43. The van der Waals surface area contributed by atoms with Crippen molar-refractivity contribution in [3.05, 3.63) is 28.7 Å². The van der Waals surface area contributed by atoms with Gasteiger partial charge in [-0.1, -0.05) is 0 Å². The fraction of sp³-hybridized carbons (Fsp3) is 0.533. The van der Waals surface area contributed by atoms with Crippen molar-refractivity contribution in [3.63, 3.8) is 0 Å². The van der Waals surface area contributed by atoms with Gasteiger partial charge in [-0.15, -0.1) is 0 Å². The fourth-order valence-electron chi connectivity index (χ4n) is 2.94. The smallest absolute Gasteiger partial charge is 0.259 e. The molecule has 1 aliphatic heterocycles. The molecule has 0 saturated carbocycles. The van der Waals surface area contributed by atoms with Gasteiger partial charge in [-0.05, 0) is 39.7 Å². The maximum atomic E-state index is 12.8. The van der Waals surface area contributed by atoms with Gasteiger partial charge in [0.15, 0.2) is 5.65 Å². The molecule has 0 spiro atoms. The van der Waals surface area contributed by atoms with Gasteiger partial charge in [0.05, 0.1) is 5.69 Å². The van der Waals surface area contributed by atoms with Crippen molar-refractivity contribution in [1.29, 1.82) is 0 Å². The molecule has 3 rings (SSSR count). The Morgan fingerprint density at radius 3 is 2.62 bits per heavy atom. The molecule has 0 unspecified atom stereocenters. The van der Waals surface area contributed by atoms with Crippen LogP contribution in [-0.4, -0.2) is 44.5 Å². The highest BCUT2D eigenvalue weighted by Crippen LogP contribution is 2.20. The van der Waals surface area contributed by atoms with E-state index in [1.165, 1.54) is 0 Å². The van der Waals surface area contributed by atoms with Crippen LogP contribution in [0.25, 0.3) is 5.65 Å². The molecule has 0 aromatic carbocycles. The molecule has 3 heterocycles. The van der Waals surface area contributed by atoms with E-state index in [0.717, 1.165) is 29.9 Å². The minimum absolute atomic E-state index is 0.0203. The van der Waals surface area contributed by atoms with E-state index in [1.54, 1.807) is 4.52 Å². The van der Waals surface area contributed by atoms with Gasteiger partial charge in [0.2, 0.25) is 0 Å². The largest absolute Gasteiger partial charge is 0.338 e. The van der Waals surface area contributed by atoms with Crippen LogP contribution < -0.4 is 5.73 Å². The number of hydrogen-bond donors (Lipinski definition) is 1. The summed E-state index contributed by atoms with van der Waals surface area (Å²) in [7, 11) is 0. The zero-order valence-electron chi connectivity index (χ0n) is 12.8. The maximum absolute atomic E-state index is 12.8. The van der Waals surface area contributed by atoms with E-state index >= 15 is 0 Å². The lowest BCUT2D eigenvalue weighted by Gasteiger charge is -2.30. The maximum Gasteiger partial charge on any atom is 0.259 e. The summed E-state index contributed by atoms with van der Waals surface area (Å²) in [6.45, 7) is 7.20. The van der Waals surface area contributed by atoms with Crippen molar-refractivity contribution in [1.82, 2.24) is 19.5 Å². The number of carbonyl (C=O) groups excluding carboxylic acids is 1. The molecule has 112 valence electrons. The average Bonchev–Trinajstić information content (AvgIpc) is 2.75. The number of hydrogen-bond acceptors (Lipinski definition) is 4. The number of nitrogens with two attached hydrogens (primary N) is 1. The molecule has 0 radical (unpaired) electrons. The average molecular weight is 287 g/mol. The fourth-order valence-corrected chi connectivity index (χ4v) is 2.94. The predicted molar refractivity (Wildman–Crippen MR) is 80.3 cm³/mol. The van der Waals surface area contributed by atoms with Crippen molar-refractivity contribution < 1.29 is 4.79 Å². The first kappa shape index (κ1) is 14.0. The number of aromatic nitrogens is 3. The van der Waals surface area contributed by atoms with Crippen molar-refractivity contribution in [2.24, 2.45) is 5.73 Å². The molecule has 2 aromatic heterocycles. The number of piperidine rings is 1. The minimum atomic E-state index is 0.0203. The summed E-state index contributed by atoms with van der Waals surface area (Å²) in [6.07, 6.45) is 1.71. The van der Waals surface area contributed by atoms with Crippen molar-refractivity contribution in [2.75, 3.05) is 13.1 Å². The number of amides is 1. The Labute approximate surface area is 123 Å². The molecule has 21 heavy (non-hydrogen) atoms. The molecule has 1 aliphatic rings. The number of nitrogens with zero attached hydrogens (tertiary/aromatic N) is 4. The number of fused-ring (bicyclic) bond motifs is 1. The molecule has 0 atom stereocenters. The Hall–Kier alpha value is -1.95. The van der Waals surface area contributed by atoms with Crippen LogP contribution in [-0.2, 0) is 0 Å². The number of carbonyl (C=O) groups is 1. The zero-order chi connectivity index (χ0) is 15.1. The molecule has 1 amide bonds. The van der Waals surface area contributed by atoms with Gasteiger partial charge < -0.3 is 10.6 Å². The quantitative estimate of drug-likeness (QED) is 0.855. The van der Waals surface area contributed by atoms with Crippen LogP contribution in [0, 0.1) is 20.8 Å². The Morgan fingerprint density at radius 1 is 1.29 bits per heavy atom. The molecule has 1 fully saturated rings. The van der Waals surface area contributed by atoms with E-state index in [-0.39, 0.29) is 11.9 Å². The topological polar surface area (TPSA) is 76.5 Å². The predicted octanol–water partition coefficient (Wildman–Crippen LogP) is 1.22. The van der Waals surface area contributed by atoms with Crippen LogP contribution in [0.4, 0.5) is 0 Å². The first-order valence-corrected chi connectivity index (χ1v) is 7.36. The van der Waals surface area contributed by atoms with E-state index in [4.69, 9.17) is 5.73 Å². The number of likely N-dealkylation sites (tertiary alicyclic amines) is 1. The summed E-state index contributed by atoms with van der Waals surface area (Å²) in [5.41, 5.74) is 9.81. The van der Waals surface area contributed by atoms with Crippen LogP contribution in [0.5, 0.6) is 0 Å². The summed E-state index contributed by atoms with van der Waals surface area (Å²) in [5, 5.41) is 4.47. The van der Waals surface area contributed by atoms with Crippen LogP contribution in [0.1, 0.15) is 40.3 Å². The Bertz CT molecular complexity index is 698. The van der Waals surface area contributed by atoms with E-state index < -0.39 is 0 Å². The number of aryl methyl sites for hydroxylation is 3. The summed E-state index contributed by atoms with van der Waals surface area (Å²) in [5.74, 6) is 0.0203. The van der Waals surface area contributed by atoms with Gasteiger partial charge in [-0.3, -0.25) is 4.79 Å². The molecule has 2 aromatic rings. The molecule has 0 bridgehead atoms. The van der Waals surface area contributed by atoms with Crippen LogP contribution in [0.2, 0.25) is 0 Å². The summed E-state index contributed by atoms with van der Waals surface area (Å²) in [6, 6.07) is 2.18.